The molecule has 0 unspecified atom stereocenters. The predicted octanol–water partition coefficient (Wildman–Crippen LogP) is 3.51. The first-order valence-electron chi connectivity index (χ1n) is 5.79. The molecule has 0 aromatic carbocycles. The summed E-state index contributed by atoms with van der Waals surface area (Å²) in [6, 6.07) is 5.70. The molecule has 2 heterocycles. The summed E-state index contributed by atoms with van der Waals surface area (Å²) in [6.07, 6.45) is 1.67. The number of nitrogens with one attached hydrogen (secondary N) is 1. The van der Waals surface area contributed by atoms with Gasteiger partial charge in [0, 0.05) is 30.4 Å². The Labute approximate surface area is 112 Å². The third-order valence-electron chi connectivity index (χ3n) is 2.65. The quantitative estimate of drug-likeness (QED) is 0.844. The first kappa shape index (κ1) is 12.9. The van der Waals surface area contributed by atoms with E-state index in [0.29, 0.717) is 5.15 Å². The molecule has 0 bridgehead atoms. The highest BCUT2D eigenvalue weighted by Crippen LogP contribution is 2.25. The zero-order valence-electron chi connectivity index (χ0n) is 11.0. The first-order chi connectivity index (χ1) is 8.36. The summed E-state index contributed by atoms with van der Waals surface area (Å²) >= 11 is 5.86. The molecule has 0 radical (unpaired) electrons. The zero-order valence-corrected chi connectivity index (χ0v) is 11.8. The van der Waals surface area contributed by atoms with Gasteiger partial charge in [-0.2, -0.15) is 5.10 Å². The van der Waals surface area contributed by atoms with E-state index in [2.05, 4.69) is 36.2 Å². The maximum atomic E-state index is 5.86. The molecule has 0 saturated heterocycles. The minimum atomic E-state index is 0.0353. The van der Waals surface area contributed by atoms with Gasteiger partial charge in [-0.15, -0.1) is 0 Å². The maximum absolute atomic E-state index is 5.86. The minimum Gasteiger partial charge on any atom is -0.340 e. The van der Waals surface area contributed by atoms with E-state index in [1.54, 1.807) is 12.3 Å². The normalized spacial score (nSPS) is 11.6. The van der Waals surface area contributed by atoms with Gasteiger partial charge < -0.3 is 5.32 Å². The van der Waals surface area contributed by atoms with Crippen LogP contribution in [0.3, 0.4) is 0 Å². The minimum absolute atomic E-state index is 0.0353. The van der Waals surface area contributed by atoms with Crippen LogP contribution in [0.15, 0.2) is 24.4 Å². The molecule has 0 saturated carbocycles. The fourth-order valence-electron chi connectivity index (χ4n) is 1.58. The number of pyridine rings is 1. The smallest absolute Gasteiger partial charge is 0.131 e. The average molecular weight is 265 g/mol. The molecule has 0 aliphatic rings. The number of aryl methyl sites for hydroxylation is 1. The Bertz CT molecular complexity index is 554. The summed E-state index contributed by atoms with van der Waals surface area (Å²) in [4.78, 5) is 3.95. The molecule has 96 valence electrons. The van der Waals surface area contributed by atoms with Gasteiger partial charge in [0.1, 0.15) is 11.0 Å². The monoisotopic (exact) mass is 264 g/mol. The molecule has 18 heavy (non-hydrogen) atoms. The van der Waals surface area contributed by atoms with Crippen LogP contribution in [-0.2, 0) is 12.5 Å². The SMILES string of the molecule is Cn1nc(C(C)(C)C)cc1Nc1ccnc(Cl)c1. The van der Waals surface area contributed by atoms with Gasteiger partial charge >= 0.3 is 0 Å². The Morgan fingerprint density at radius 2 is 2.00 bits per heavy atom. The number of halogens is 1. The fraction of sp³-hybridized carbons (Fsp3) is 0.385. The second kappa shape index (κ2) is 4.61. The molecule has 0 amide bonds. The van der Waals surface area contributed by atoms with Crippen LogP contribution in [0.4, 0.5) is 11.5 Å². The van der Waals surface area contributed by atoms with E-state index in [1.807, 2.05) is 23.9 Å². The standard InChI is InChI=1S/C13H17ClN4/c1-13(2,3)10-8-12(18(4)17-10)16-9-5-6-15-11(14)7-9/h5-8H,1-4H3,(H,15,16). The number of aromatic nitrogens is 3. The molecule has 2 aromatic rings. The van der Waals surface area contributed by atoms with E-state index in [9.17, 15) is 0 Å². The van der Waals surface area contributed by atoms with E-state index >= 15 is 0 Å². The van der Waals surface area contributed by atoms with Crippen molar-refractivity contribution in [1.82, 2.24) is 14.8 Å². The van der Waals surface area contributed by atoms with Gasteiger partial charge in [-0.05, 0) is 12.1 Å². The lowest BCUT2D eigenvalue weighted by molar-refractivity contribution is 0.553. The molecule has 2 rings (SSSR count). The lowest BCUT2D eigenvalue weighted by Gasteiger charge is -2.13. The van der Waals surface area contributed by atoms with Crippen LogP contribution in [0.1, 0.15) is 26.5 Å². The fourth-order valence-corrected chi connectivity index (χ4v) is 1.75. The van der Waals surface area contributed by atoms with Gasteiger partial charge in [0.25, 0.3) is 0 Å². The molecular formula is C13H17ClN4. The van der Waals surface area contributed by atoms with E-state index in [1.165, 1.54) is 0 Å². The Balaban J connectivity index is 2.27. The molecule has 0 atom stereocenters. The summed E-state index contributed by atoms with van der Waals surface area (Å²) in [7, 11) is 1.92. The molecule has 4 nitrogen and oxygen atoms in total. The first-order valence-corrected chi connectivity index (χ1v) is 6.17. The third-order valence-corrected chi connectivity index (χ3v) is 2.85. The Hall–Kier alpha value is -1.55. The average Bonchev–Trinajstić information content (AvgIpc) is 2.60. The van der Waals surface area contributed by atoms with Crippen molar-refractivity contribution in [2.24, 2.45) is 7.05 Å². The van der Waals surface area contributed by atoms with Crippen molar-refractivity contribution in [3.05, 3.63) is 35.2 Å². The Morgan fingerprint density at radius 1 is 1.28 bits per heavy atom. The Kier molecular flexibility index (Phi) is 3.30. The largest absolute Gasteiger partial charge is 0.340 e. The number of nitrogens with zero attached hydrogens (tertiary/aromatic N) is 3. The van der Waals surface area contributed by atoms with Crippen LogP contribution in [0.2, 0.25) is 5.15 Å². The summed E-state index contributed by atoms with van der Waals surface area (Å²) in [6.45, 7) is 6.42. The van der Waals surface area contributed by atoms with Gasteiger partial charge in [0.15, 0.2) is 0 Å². The maximum Gasteiger partial charge on any atom is 0.131 e. The van der Waals surface area contributed by atoms with E-state index < -0.39 is 0 Å². The van der Waals surface area contributed by atoms with Crippen molar-refractivity contribution >= 4 is 23.1 Å². The van der Waals surface area contributed by atoms with Gasteiger partial charge in [0.05, 0.1) is 5.69 Å². The van der Waals surface area contributed by atoms with Crippen LogP contribution in [-0.4, -0.2) is 14.8 Å². The molecule has 1 N–H and O–H groups in total. The topological polar surface area (TPSA) is 42.7 Å². The van der Waals surface area contributed by atoms with Crippen molar-refractivity contribution in [1.29, 1.82) is 0 Å². The van der Waals surface area contributed by atoms with Crippen molar-refractivity contribution in [3.63, 3.8) is 0 Å². The summed E-state index contributed by atoms with van der Waals surface area (Å²) in [5.74, 6) is 0.933. The zero-order chi connectivity index (χ0) is 13.3. The number of rotatable bonds is 2. The Morgan fingerprint density at radius 3 is 2.56 bits per heavy atom. The number of hydrogen-bond donors (Lipinski definition) is 1. The van der Waals surface area contributed by atoms with Gasteiger partial charge in [-0.1, -0.05) is 32.4 Å². The van der Waals surface area contributed by atoms with Crippen molar-refractivity contribution in [2.45, 2.75) is 26.2 Å². The summed E-state index contributed by atoms with van der Waals surface area (Å²) in [5, 5.41) is 8.26. The number of hydrogen-bond acceptors (Lipinski definition) is 3. The van der Waals surface area contributed by atoms with Gasteiger partial charge in [-0.3, -0.25) is 4.68 Å². The molecule has 0 spiro atoms. The third kappa shape index (κ3) is 2.82. The highest BCUT2D eigenvalue weighted by Gasteiger charge is 2.18. The molecule has 0 fully saturated rings. The van der Waals surface area contributed by atoms with E-state index in [4.69, 9.17) is 11.6 Å². The van der Waals surface area contributed by atoms with Crippen LogP contribution in [0, 0.1) is 0 Å². The van der Waals surface area contributed by atoms with Crippen molar-refractivity contribution in [2.75, 3.05) is 5.32 Å². The molecule has 0 aliphatic carbocycles. The second-order valence-corrected chi connectivity index (χ2v) is 5.67. The molecule has 0 aliphatic heterocycles. The van der Waals surface area contributed by atoms with Crippen LogP contribution >= 0.6 is 11.6 Å². The van der Waals surface area contributed by atoms with Crippen LogP contribution in [0.25, 0.3) is 0 Å². The van der Waals surface area contributed by atoms with E-state index in [0.717, 1.165) is 17.2 Å². The molecular weight excluding hydrogens is 248 g/mol. The lowest BCUT2D eigenvalue weighted by atomic mass is 9.92. The number of anilines is 2. The van der Waals surface area contributed by atoms with Crippen LogP contribution in [0.5, 0.6) is 0 Å². The van der Waals surface area contributed by atoms with Gasteiger partial charge in [-0.25, -0.2) is 4.98 Å². The van der Waals surface area contributed by atoms with Crippen molar-refractivity contribution in [3.8, 4) is 0 Å². The summed E-state index contributed by atoms with van der Waals surface area (Å²) in [5.41, 5.74) is 1.99. The second-order valence-electron chi connectivity index (χ2n) is 5.28. The molecule has 5 heteroatoms. The van der Waals surface area contributed by atoms with Crippen LogP contribution < -0.4 is 5.32 Å². The van der Waals surface area contributed by atoms with E-state index in [-0.39, 0.29) is 5.41 Å². The molecule has 2 aromatic heterocycles. The lowest BCUT2D eigenvalue weighted by Crippen LogP contribution is -2.12. The highest BCUT2D eigenvalue weighted by molar-refractivity contribution is 6.29. The van der Waals surface area contributed by atoms with Gasteiger partial charge in [0.2, 0.25) is 0 Å². The predicted molar refractivity (Wildman–Crippen MR) is 74.4 cm³/mol. The summed E-state index contributed by atoms with van der Waals surface area (Å²) < 4.78 is 1.83. The highest BCUT2D eigenvalue weighted by atomic mass is 35.5. The van der Waals surface area contributed by atoms with Crippen molar-refractivity contribution < 1.29 is 0 Å².